The Kier molecular flexibility index (Phi) is 4.66. The summed E-state index contributed by atoms with van der Waals surface area (Å²) in [4.78, 5) is 26.3. The minimum Gasteiger partial charge on any atom is -0.469 e. The third-order valence-corrected chi connectivity index (χ3v) is 4.13. The maximum absolute atomic E-state index is 12.8. The number of carbonyl (C=O) groups is 2. The molecule has 1 fully saturated rings. The van der Waals surface area contributed by atoms with E-state index in [0.717, 1.165) is 35.1 Å². The van der Waals surface area contributed by atoms with Crippen molar-refractivity contribution in [1.29, 1.82) is 0 Å². The SMILES string of the molecule is COC(=O)C1CCCN(C(=O)c2c(C)cc(C)cc2C)C1. The molecule has 0 N–H and O–H groups in total. The largest absolute Gasteiger partial charge is 0.469 e. The van der Waals surface area contributed by atoms with E-state index in [1.165, 1.54) is 7.11 Å². The van der Waals surface area contributed by atoms with Gasteiger partial charge in [0.15, 0.2) is 0 Å². The van der Waals surface area contributed by atoms with Crippen LogP contribution in [0.2, 0.25) is 0 Å². The predicted molar refractivity (Wildman–Crippen MR) is 81.3 cm³/mol. The zero-order valence-electron chi connectivity index (χ0n) is 13.2. The van der Waals surface area contributed by atoms with E-state index in [1.807, 2.05) is 32.9 Å². The van der Waals surface area contributed by atoms with Crippen molar-refractivity contribution < 1.29 is 14.3 Å². The van der Waals surface area contributed by atoms with Gasteiger partial charge < -0.3 is 9.64 Å². The number of benzene rings is 1. The molecular formula is C17H23NO3. The third kappa shape index (κ3) is 3.26. The number of aryl methyl sites for hydroxylation is 3. The van der Waals surface area contributed by atoms with Gasteiger partial charge in [0.25, 0.3) is 5.91 Å². The summed E-state index contributed by atoms with van der Waals surface area (Å²) in [5.41, 5.74) is 3.93. The Morgan fingerprint density at radius 2 is 1.81 bits per heavy atom. The van der Waals surface area contributed by atoms with E-state index in [1.54, 1.807) is 4.90 Å². The Hall–Kier alpha value is -1.84. The molecule has 1 amide bonds. The first kappa shape index (κ1) is 15.5. The number of rotatable bonds is 2. The van der Waals surface area contributed by atoms with Crippen LogP contribution in [0, 0.1) is 26.7 Å². The van der Waals surface area contributed by atoms with Gasteiger partial charge in [0.1, 0.15) is 0 Å². The van der Waals surface area contributed by atoms with Crippen molar-refractivity contribution in [3.05, 3.63) is 34.4 Å². The molecule has 4 heteroatoms. The van der Waals surface area contributed by atoms with Crippen LogP contribution < -0.4 is 0 Å². The summed E-state index contributed by atoms with van der Waals surface area (Å²) in [6.45, 7) is 7.13. The fourth-order valence-corrected chi connectivity index (χ4v) is 3.20. The first-order valence-electron chi connectivity index (χ1n) is 7.39. The summed E-state index contributed by atoms with van der Waals surface area (Å²) in [5.74, 6) is -0.387. The van der Waals surface area contributed by atoms with E-state index in [2.05, 4.69) is 0 Å². The number of hydrogen-bond acceptors (Lipinski definition) is 3. The lowest BCUT2D eigenvalue weighted by molar-refractivity contribution is -0.146. The zero-order valence-corrected chi connectivity index (χ0v) is 13.2. The Bertz CT molecular complexity index is 542. The number of nitrogens with zero attached hydrogens (tertiary/aromatic N) is 1. The van der Waals surface area contributed by atoms with Gasteiger partial charge in [-0.15, -0.1) is 0 Å². The smallest absolute Gasteiger partial charge is 0.310 e. The van der Waals surface area contributed by atoms with Gasteiger partial charge in [-0.1, -0.05) is 17.7 Å². The van der Waals surface area contributed by atoms with E-state index in [4.69, 9.17) is 4.74 Å². The number of carbonyl (C=O) groups excluding carboxylic acids is 2. The zero-order chi connectivity index (χ0) is 15.6. The van der Waals surface area contributed by atoms with Crippen LogP contribution in [0.4, 0.5) is 0 Å². The molecule has 0 spiro atoms. The number of likely N-dealkylation sites (tertiary alicyclic amines) is 1. The van der Waals surface area contributed by atoms with Crippen LogP contribution in [-0.4, -0.2) is 37.0 Å². The minimum absolute atomic E-state index is 0.0265. The molecule has 1 aliphatic heterocycles. The molecule has 1 atom stereocenters. The fraction of sp³-hybridized carbons (Fsp3) is 0.529. The second-order valence-corrected chi connectivity index (χ2v) is 5.89. The predicted octanol–water partition coefficient (Wildman–Crippen LogP) is 2.64. The van der Waals surface area contributed by atoms with Crippen molar-refractivity contribution in [2.45, 2.75) is 33.6 Å². The first-order valence-corrected chi connectivity index (χ1v) is 7.39. The summed E-state index contributed by atoms with van der Waals surface area (Å²) in [6.07, 6.45) is 1.64. The molecule has 0 saturated carbocycles. The van der Waals surface area contributed by atoms with Gasteiger partial charge in [-0.25, -0.2) is 0 Å². The van der Waals surface area contributed by atoms with Crippen molar-refractivity contribution in [3.63, 3.8) is 0 Å². The molecule has 1 aromatic rings. The molecular weight excluding hydrogens is 266 g/mol. The minimum atomic E-state index is -0.218. The Labute approximate surface area is 126 Å². The van der Waals surface area contributed by atoms with Crippen molar-refractivity contribution in [2.24, 2.45) is 5.92 Å². The molecule has 2 rings (SSSR count). The summed E-state index contributed by atoms with van der Waals surface area (Å²) in [7, 11) is 1.40. The topological polar surface area (TPSA) is 46.6 Å². The molecule has 0 bridgehead atoms. The van der Waals surface area contributed by atoms with Crippen LogP contribution in [-0.2, 0) is 9.53 Å². The van der Waals surface area contributed by atoms with Crippen LogP contribution in [0.1, 0.15) is 39.9 Å². The van der Waals surface area contributed by atoms with Gasteiger partial charge in [-0.05, 0) is 44.7 Å². The normalized spacial score (nSPS) is 18.5. The Balaban J connectivity index is 2.22. The summed E-state index contributed by atoms with van der Waals surface area (Å²) >= 11 is 0. The van der Waals surface area contributed by atoms with Gasteiger partial charge in [0.05, 0.1) is 13.0 Å². The van der Waals surface area contributed by atoms with E-state index in [0.29, 0.717) is 13.1 Å². The summed E-state index contributed by atoms with van der Waals surface area (Å²) in [5, 5.41) is 0. The Morgan fingerprint density at radius 3 is 2.38 bits per heavy atom. The highest BCUT2D eigenvalue weighted by atomic mass is 16.5. The lowest BCUT2D eigenvalue weighted by atomic mass is 9.95. The monoisotopic (exact) mass is 289 g/mol. The van der Waals surface area contributed by atoms with Crippen LogP contribution in [0.25, 0.3) is 0 Å². The highest BCUT2D eigenvalue weighted by Gasteiger charge is 2.30. The Morgan fingerprint density at radius 1 is 1.19 bits per heavy atom. The van der Waals surface area contributed by atoms with Crippen LogP contribution in [0.3, 0.4) is 0 Å². The number of methoxy groups -OCH3 is 1. The van der Waals surface area contributed by atoms with Gasteiger partial charge in [-0.2, -0.15) is 0 Å². The molecule has 1 saturated heterocycles. The number of amides is 1. The van der Waals surface area contributed by atoms with Crippen molar-refractivity contribution in [1.82, 2.24) is 4.90 Å². The van der Waals surface area contributed by atoms with Gasteiger partial charge in [0.2, 0.25) is 0 Å². The quantitative estimate of drug-likeness (QED) is 0.786. The highest BCUT2D eigenvalue weighted by Crippen LogP contribution is 2.23. The second-order valence-electron chi connectivity index (χ2n) is 5.89. The molecule has 0 aromatic heterocycles. The average molecular weight is 289 g/mol. The molecule has 0 radical (unpaired) electrons. The highest BCUT2D eigenvalue weighted by molar-refractivity contribution is 5.97. The van der Waals surface area contributed by atoms with E-state index in [9.17, 15) is 9.59 Å². The average Bonchev–Trinajstić information content (AvgIpc) is 2.45. The molecule has 1 aromatic carbocycles. The molecule has 1 heterocycles. The molecule has 114 valence electrons. The standard InChI is InChI=1S/C17H23NO3/c1-11-8-12(2)15(13(3)9-11)16(19)18-7-5-6-14(10-18)17(20)21-4/h8-9,14H,5-7,10H2,1-4H3. The van der Waals surface area contributed by atoms with Crippen molar-refractivity contribution in [3.8, 4) is 0 Å². The third-order valence-electron chi connectivity index (χ3n) is 4.13. The van der Waals surface area contributed by atoms with Crippen LogP contribution >= 0.6 is 0 Å². The summed E-state index contributed by atoms with van der Waals surface area (Å²) in [6, 6.07) is 4.06. The molecule has 1 aliphatic rings. The molecule has 21 heavy (non-hydrogen) atoms. The van der Waals surface area contributed by atoms with Gasteiger partial charge in [0, 0.05) is 18.7 Å². The first-order chi connectivity index (χ1) is 9.93. The van der Waals surface area contributed by atoms with E-state index < -0.39 is 0 Å². The lowest BCUT2D eigenvalue weighted by Gasteiger charge is -2.32. The molecule has 1 unspecified atom stereocenters. The van der Waals surface area contributed by atoms with E-state index >= 15 is 0 Å². The number of esters is 1. The fourth-order valence-electron chi connectivity index (χ4n) is 3.20. The summed E-state index contributed by atoms with van der Waals surface area (Å²) < 4.78 is 4.81. The van der Waals surface area contributed by atoms with Gasteiger partial charge >= 0.3 is 5.97 Å². The number of ether oxygens (including phenoxy) is 1. The van der Waals surface area contributed by atoms with Gasteiger partial charge in [-0.3, -0.25) is 9.59 Å². The van der Waals surface area contributed by atoms with E-state index in [-0.39, 0.29) is 17.8 Å². The number of hydrogen-bond donors (Lipinski definition) is 0. The van der Waals surface area contributed by atoms with Crippen LogP contribution in [0.15, 0.2) is 12.1 Å². The molecule has 0 aliphatic carbocycles. The maximum atomic E-state index is 12.8. The maximum Gasteiger partial charge on any atom is 0.310 e. The second kappa shape index (κ2) is 6.29. The van der Waals surface area contributed by atoms with Crippen molar-refractivity contribution in [2.75, 3.05) is 20.2 Å². The van der Waals surface area contributed by atoms with Crippen LogP contribution in [0.5, 0.6) is 0 Å². The number of piperidine rings is 1. The lowest BCUT2D eigenvalue weighted by Crippen LogP contribution is -2.43. The molecule has 4 nitrogen and oxygen atoms in total. The van der Waals surface area contributed by atoms with Crippen molar-refractivity contribution >= 4 is 11.9 Å².